The molecule has 5 heteroatoms. The molecule has 1 aromatic carbocycles. The van der Waals surface area contributed by atoms with Gasteiger partial charge in [0, 0.05) is 17.5 Å². The van der Waals surface area contributed by atoms with Crippen LogP contribution in [0.1, 0.15) is 65.7 Å². The summed E-state index contributed by atoms with van der Waals surface area (Å²) in [5, 5.41) is 0. The molecular weight excluding hydrogens is 356 g/mol. The molecule has 0 spiro atoms. The van der Waals surface area contributed by atoms with Gasteiger partial charge < -0.3 is 14.2 Å². The van der Waals surface area contributed by atoms with Crippen LogP contribution in [0.15, 0.2) is 24.3 Å². The van der Waals surface area contributed by atoms with E-state index in [4.69, 9.17) is 14.2 Å². The van der Waals surface area contributed by atoms with Gasteiger partial charge in [-0.3, -0.25) is 4.79 Å². The van der Waals surface area contributed by atoms with Crippen LogP contribution in [-0.4, -0.2) is 25.7 Å². The second-order valence-corrected chi connectivity index (χ2v) is 6.93. The number of hydrogen-bond donors (Lipinski definition) is 0. The Morgan fingerprint density at radius 1 is 1.29 bits per heavy atom. The van der Waals surface area contributed by atoms with Crippen molar-refractivity contribution in [3.8, 4) is 5.75 Å². The van der Waals surface area contributed by atoms with Gasteiger partial charge in [-0.15, -0.1) is 6.58 Å². The lowest BCUT2D eigenvalue weighted by molar-refractivity contribution is -0.143. The summed E-state index contributed by atoms with van der Waals surface area (Å²) >= 11 is 0. The zero-order valence-electron chi connectivity index (χ0n) is 17.4. The maximum absolute atomic E-state index is 12.4. The van der Waals surface area contributed by atoms with Crippen LogP contribution in [0.5, 0.6) is 5.75 Å². The number of allylic oxidation sites excluding steroid dienone is 3. The van der Waals surface area contributed by atoms with Gasteiger partial charge in [-0.1, -0.05) is 17.7 Å². The average Bonchev–Trinajstić information content (AvgIpc) is 3.06. The largest absolute Gasteiger partial charge is 0.496 e. The average molecular weight is 386 g/mol. The van der Waals surface area contributed by atoms with E-state index in [0.717, 1.165) is 40.0 Å². The molecule has 0 aromatic heterocycles. The number of methoxy groups -OCH3 is 1. The molecule has 0 aliphatic carbocycles. The standard InChI is InChI=1S/C23H30O5/c1-6-8-9-17-18(12-10-15(3)11-13-20(24)27-7-2)22(26-5)16(4)19-14-28-23(25)21(17)19/h6,10H,1,7-9,11-14H2,2-5H3/b15-10+. The molecule has 0 bridgehead atoms. The van der Waals surface area contributed by atoms with E-state index < -0.39 is 0 Å². The lowest BCUT2D eigenvalue weighted by Crippen LogP contribution is -2.09. The van der Waals surface area contributed by atoms with Crippen molar-refractivity contribution < 1.29 is 23.8 Å². The van der Waals surface area contributed by atoms with E-state index in [2.05, 4.69) is 12.7 Å². The molecule has 0 amide bonds. The van der Waals surface area contributed by atoms with E-state index in [1.54, 1.807) is 14.0 Å². The Bertz CT molecular complexity index is 789. The second kappa shape index (κ2) is 10.1. The number of rotatable bonds is 10. The molecule has 1 aliphatic rings. The van der Waals surface area contributed by atoms with E-state index in [9.17, 15) is 9.59 Å². The minimum absolute atomic E-state index is 0.185. The smallest absolute Gasteiger partial charge is 0.339 e. The number of cyclic esters (lactones) is 1. The molecule has 2 rings (SSSR count). The number of esters is 2. The third kappa shape index (κ3) is 4.83. The van der Waals surface area contributed by atoms with Gasteiger partial charge in [-0.05, 0) is 57.6 Å². The fourth-order valence-electron chi connectivity index (χ4n) is 3.58. The first kappa shape index (κ1) is 21.7. The number of benzene rings is 1. The highest BCUT2D eigenvalue weighted by molar-refractivity contribution is 5.96. The summed E-state index contributed by atoms with van der Waals surface area (Å²) in [6, 6.07) is 0. The zero-order valence-corrected chi connectivity index (χ0v) is 17.4. The van der Waals surface area contributed by atoms with Gasteiger partial charge in [0.1, 0.15) is 12.4 Å². The quantitative estimate of drug-likeness (QED) is 0.433. The molecule has 0 unspecified atom stereocenters. The fourth-order valence-corrected chi connectivity index (χ4v) is 3.58. The van der Waals surface area contributed by atoms with E-state index in [1.165, 1.54) is 0 Å². The van der Waals surface area contributed by atoms with Crippen LogP contribution >= 0.6 is 0 Å². The molecule has 1 aromatic rings. The van der Waals surface area contributed by atoms with Gasteiger partial charge in [-0.25, -0.2) is 4.79 Å². The van der Waals surface area contributed by atoms with Crippen LogP contribution < -0.4 is 4.74 Å². The van der Waals surface area contributed by atoms with Gasteiger partial charge >= 0.3 is 11.9 Å². The van der Waals surface area contributed by atoms with Crippen LogP contribution in [0.25, 0.3) is 0 Å². The van der Waals surface area contributed by atoms with Crippen molar-refractivity contribution in [2.45, 2.75) is 59.5 Å². The Kier molecular flexibility index (Phi) is 7.85. The second-order valence-electron chi connectivity index (χ2n) is 6.93. The lowest BCUT2D eigenvalue weighted by atomic mass is 9.88. The summed E-state index contributed by atoms with van der Waals surface area (Å²) in [5.41, 5.74) is 5.66. The predicted octanol–water partition coefficient (Wildman–Crippen LogP) is 4.62. The first-order valence-corrected chi connectivity index (χ1v) is 9.74. The highest BCUT2D eigenvalue weighted by atomic mass is 16.5. The first-order valence-electron chi connectivity index (χ1n) is 9.74. The van der Waals surface area contributed by atoms with Gasteiger partial charge in [0.15, 0.2) is 0 Å². The Morgan fingerprint density at radius 3 is 2.68 bits per heavy atom. The minimum Gasteiger partial charge on any atom is -0.496 e. The highest BCUT2D eigenvalue weighted by Crippen LogP contribution is 2.38. The summed E-state index contributed by atoms with van der Waals surface area (Å²) in [6.45, 7) is 10.3. The van der Waals surface area contributed by atoms with Crippen molar-refractivity contribution in [2.24, 2.45) is 0 Å². The van der Waals surface area contributed by atoms with Crippen molar-refractivity contribution in [1.29, 1.82) is 0 Å². The third-order valence-corrected chi connectivity index (χ3v) is 5.07. The topological polar surface area (TPSA) is 61.8 Å². The number of carbonyl (C=O) groups is 2. The summed E-state index contributed by atoms with van der Waals surface area (Å²) in [4.78, 5) is 23.9. The van der Waals surface area contributed by atoms with Crippen molar-refractivity contribution in [3.05, 3.63) is 52.1 Å². The van der Waals surface area contributed by atoms with E-state index in [-0.39, 0.29) is 11.9 Å². The molecule has 1 heterocycles. The Balaban J connectivity index is 2.36. The molecule has 0 radical (unpaired) electrons. The lowest BCUT2D eigenvalue weighted by Gasteiger charge is -2.19. The van der Waals surface area contributed by atoms with Crippen LogP contribution in [0.3, 0.4) is 0 Å². The maximum Gasteiger partial charge on any atom is 0.339 e. The maximum atomic E-state index is 12.4. The monoisotopic (exact) mass is 386 g/mol. The van der Waals surface area contributed by atoms with Gasteiger partial charge in [0.05, 0.1) is 19.3 Å². The molecule has 28 heavy (non-hydrogen) atoms. The summed E-state index contributed by atoms with van der Waals surface area (Å²) in [5.74, 6) is 0.366. The molecule has 5 nitrogen and oxygen atoms in total. The normalized spacial score (nSPS) is 13.1. The summed E-state index contributed by atoms with van der Waals surface area (Å²) < 4.78 is 16.0. The third-order valence-electron chi connectivity index (χ3n) is 5.07. The number of ether oxygens (including phenoxy) is 3. The number of hydrogen-bond acceptors (Lipinski definition) is 5. The van der Waals surface area contributed by atoms with Crippen LogP contribution in [0.4, 0.5) is 0 Å². The van der Waals surface area contributed by atoms with Gasteiger partial charge in [0.25, 0.3) is 0 Å². The number of fused-ring (bicyclic) bond motifs is 1. The number of carbonyl (C=O) groups excluding carboxylic acids is 2. The molecule has 152 valence electrons. The molecule has 1 aliphatic heterocycles. The first-order chi connectivity index (χ1) is 13.4. The SMILES string of the molecule is C=CCCc1c(C/C=C(\C)CCC(=O)OCC)c(OC)c(C)c2c1C(=O)OC2. The van der Waals surface area contributed by atoms with Crippen LogP contribution in [-0.2, 0) is 33.7 Å². The fraction of sp³-hybridized carbons (Fsp3) is 0.478. The van der Waals surface area contributed by atoms with Crippen molar-refractivity contribution >= 4 is 11.9 Å². The van der Waals surface area contributed by atoms with E-state index >= 15 is 0 Å². The molecule has 0 saturated heterocycles. The van der Waals surface area contributed by atoms with Crippen molar-refractivity contribution in [2.75, 3.05) is 13.7 Å². The zero-order chi connectivity index (χ0) is 20.7. The van der Waals surface area contributed by atoms with Crippen molar-refractivity contribution in [3.63, 3.8) is 0 Å². The summed E-state index contributed by atoms with van der Waals surface area (Å²) in [6.07, 6.45) is 7.07. The van der Waals surface area contributed by atoms with Crippen LogP contribution in [0.2, 0.25) is 0 Å². The molecule has 0 fully saturated rings. The van der Waals surface area contributed by atoms with Crippen LogP contribution in [0, 0.1) is 6.92 Å². The Hall–Kier alpha value is -2.56. The molecule has 0 N–H and O–H groups in total. The van der Waals surface area contributed by atoms with Crippen molar-refractivity contribution in [1.82, 2.24) is 0 Å². The van der Waals surface area contributed by atoms with E-state index in [1.807, 2.05) is 19.9 Å². The Morgan fingerprint density at radius 2 is 2.04 bits per heavy atom. The van der Waals surface area contributed by atoms with Gasteiger partial charge in [0.2, 0.25) is 0 Å². The van der Waals surface area contributed by atoms with E-state index in [0.29, 0.717) is 44.5 Å². The highest BCUT2D eigenvalue weighted by Gasteiger charge is 2.31. The minimum atomic E-state index is -0.260. The predicted molar refractivity (Wildman–Crippen MR) is 109 cm³/mol. The molecular formula is C23H30O5. The summed E-state index contributed by atoms with van der Waals surface area (Å²) in [7, 11) is 1.66. The molecule has 0 atom stereocenters. The van der Waals surface area contributed by atoms with Gasteiger partial charge in [-0.2, -0.15) is 0 Å². The molecule has 0 saturated carbocycles. The Labute approximate surface area is 167 Å².